The summed E-state index contributed by atoms with van der Waals surface area (Å²) < 4.78 is 11.3. The first-order chi connectivity index (χ1) is 14.7. The van der Waals surface area contributed by atoms with Crippen LogP contribution in [0.15, 0.2) is 35.3 Å². The lowest BCUT2D eigenvalue weighted by molar-refractivity contribution is -0.0318. The number of likely N-dealkylation sites (tertiary alicyclic amines) is 1. The molecule has 30 heavy (non-hydrogen) atoms. The predicted molar refractivity (Wildman–Crippen MR) is 123 cm³/mol. The molecule has 168 valence electrons. The fraction of sp³-hybridized carbons (Fsp3) is 0.708. The zero-order chi connectivity index (χ0) is 21.0. The van der Waals surface area contributed by atoms with Gasteiger partial charge < -0.3 is 20.1 Å². The van der Waals surface area contributed by atoms with Crippen molar-refractivity contribution in [3.8, 4) is 0 Å². The van der Waals surface area contributed by atoms with Gasteiger partial charge in [0.1, 0.15) is 0 Å². The molecule has 2 aliphatic heterocycles. The summed E-state index contributed by atoms with van der Waals surface area (Å²) in [5.41, 5.74) is 1.40. The SMILES string of the molecule is CCNC(=NCCCOC1CCOCC1)NC1CCN(Cc2ccccc2)C(C)C1. The van der Waals surface area contributed by atoms with Crippen LogP contribution in [0.25, 0.3) is 0 Å². The number of guanidine groups is 1. The molecule has 6 heteroatoms. The average Bonchev–Trinajstić information content (AvgIpc) is 2.77. The van der Waals surface area contributed by atoms with Crippen LogP contribution in [0.4, 0.5) is 0 Å². The molecule has 6 nitrogen and oxygen atoms in total. The van der Waals surface area contributed by atoms with Gasteiger partial charge in [0.2, 0.25) is 0 Å². The first-order valence-electron chi connectivity index (χ1n) is 11.8. The van der Waals surface area contributed by atoms with E-state index in [-0.39, 0.29) is 0 Å². The van der Waals surface area contributed by atoms with Crippen LogP contribution in [0.3, 0.4) is 0 Å². The Hall–Kier alpha value is -1.63. The minimum Gasteiger partial charge on any atom is -0.381 e. The summed E-state index contributed by atoms with van der Waals surface area (Å²) >= 11 is 0. The lowest BCUT2D eigenvalue weighted by Gasteiger charge is -2.38. The highest BCUT2D eigenvalue weighted by Crippen LogP contribution is 2.20. The van der Waals surface area contributed by atoms with Crippen molar-refractivity contribution in [2.75, 3.05) is 39.5 Å². The molecule has 2 heterocycles. The van der Waals surface area contributed by atoms with Gasteiger partial charge in [0.05, 0.1) is 6.10 Å². The van der Waals surface area contributed by atoms with Crippen LogP contribution in [-0.2, 0) is 16.0 Å². The molecule has 3 rings (SSSR count). The number of rotatable bonds is 9. The first-order valence-corrected chi connectivity index (χ1v) is 11.8. The second kappa shape index (κ2) is 12.9. The van der Waals surface area contributed by atoms with E-state index in [2.05, 4.69) is 59.7 Å². The summed E-state index contributed by atoms with van der Waals surface area (Å²) in [5.74, 6) is 0.942. The molecule has 2 fully saturated rings. The minimum atomic E-state index is 0.372. The number of ether oxygens (including phenoxy) is 2. The van der Waals surface area contributed by atoms with E-state index in [1.807, 2.05) is 0 Å². The van der Waals surface area contributed by atoms with Crippen LogP contribution < -0.4 is 10.6 Å². The smallest absolute Gasteiger partial charge is 0.191 e. The molecule has 0 radical (unpaired) electrons. The molecule has 0 bridgehead atoms. The van der Waals surface area contributed by atoms with Gasteiger partial charge in [-0.25, -0.2) is 0 Å². The zero-order valence-electron chi connectivity index (χ0n) is 18.8. The Morgan fingerprint density at radius 2 is 2.00 bits per heavy atom. The highest BCUT2D eigenvalue weighted by atomic mass is 16.5. The Bertz CT molecular complexity index is 619. The van der Waals surface area contributed by atoms with Gasteiger partial charge in [-0.3, -0.25) is 9.89 Å². The van der Waals surface area contributed by atoms with Crippen molar-refractivity contribution >= 4 is 5.96 Å². The molecular formula is C24H40N4O2. The Morgan fingerprint density at radius 3 is 2.73 bits per heavy atom. The zero-order valence-corrected chi connectivity index (χ0v) is 18.8. The fourth-order valence-corrected chi connectivity index (χ4v) is 4.27. The maximum absolute atomic E-state index is 5.95. The summed E-state index contributed by atoms with van der Waals surface area (Å²) in [7, 11) is 0. The van der Waals surface area contributed by atoms with Crippen LogP contribution in [0.2, 0.25) is 0 Å². The van der Waals surface area contributed by atoms with Crippen LogP contribution in [-0.4, -0.2) is 68.5 Å². The number of hydrogen-bond acceptors (Lipinski definition) is 4. The van der Waals surface area contributed by atoms with E-state index in [9.17, 15) is 0 Å². The highest BCUT2D eigenvalue weighted by Gasteiger charge is 2.26. The Balaban J connectivity index is 1.38. The van der Waals surface area contributed by atoms with E-state index < -0.39 is 0 Å². The van der Waals surface area contributed by atoms with Crippen LogP contribution in [0.1, 0.15) is 51.5 Å². The Labute approximate surface area is 182 Å². The summed E-state index contributed by atoms with van der Waals surface area (Å²) in [5, 5.41) is 7.07. The minimum absolute atomic E-state index is 0.372. The molecule has 1 aromatic carbocycles. The maximum atomic E-state index is 5.95. The van der Waals surface area contributed by atoms with Crippen LogP contribution in [0.5, 0.6) is 0 Å². The topological polar surface area (TPSA) is 58.1 Å². The second-order valence-corrected chi connectivity index (χ2v) is 8.47. The monoisotopic (exact) mass is 416 g/mol. The summed E-state index contributed by atoms with van der Waals surface area (Å²) in [6.07, 6.45) is 5.67. The van der Waals surface area contributed by atoms with Gasteiger partial charge in [-0.15, -0.1) is 0 Å². The van der Waals surface area contributed by atoms with Crippen molar-refractivity contribution in [1.82, 2.24) is 15.5 Å². The van der Waals surface area contributed by atoms with E-state index in [0.717, 1.165) is 84.1 Å². The molecule has 2 unspecified atom stereocenters. The third kappa shape index (κ3) is 7.89. The molecular weight excluding hydrogens is 376 g/mol. The van der Waals surface area contributed by atoms with E-state index >= 15 is 0 Å². The van der Waals surface area contributed by atoms with E-state index in [1.54, 1.807) is 0 Å². The van der Waals surface area contributed by atoms with E-state index in [1.165, 1.54) is 5.56 Å². The molecule has 0 aromatic heterocycles. The van der Waals surface area contributed by atoms with Crippen molar-refractivity contribution in [2.24, 2.45) is 4.99 Å². The molecule has 2 atom stereocenters. The summed E-state index contributed by atoms with van der Waals surface area (Å²) in [4.78, 5) is 7.37. The van der Waals surface area contributed by atoms with Crippen LogP contribution in [0, 0.1) is 0 Å². The van der Waals surface area contributed by atoms with Gasteiger partial charge in [-0.1, -0.05) is 30.3 Å². The van der Waals surface area contributed by atoms with Crippen molar-refractivity contribution in [2.45, 2.75) is 70.7 Å². The predicted octanol–water partition coefficient (Wildman–Crippen LogP) is 3.18. The van der Waals surface area contributed by atoms with Gasteiger partial charge in [0.25, 0.3) is 0 Å². The van der Waals surface area contributed by atoms with Gasteiger partial charge >= 0.3 is 0 Å². The van der Waals surface area contributed by atoms with Crippen molar-refractivity contribution in [1.29, 1.82) is 0 Å². The van der Waals surface area contributed by atoms with Gasteiger partial charge in [-0.05, 0) is 51.5 Å². The summed E-state index contributed by atoms with van der Waals surface area (Å²) in [6.45, 7) is 10.7. The first kappa shape index (κ1) is 23.0. The van der Waals surface area contributed by atoms with Crippen molar-refractivity contribution in [3.05, 3.63) is 35.9 Å². The number of nitrogens with one attached hydrogen (secondary N) is 2. The molecule has 0 spiro atoms. The molecule has 1 aromatic rings. The van der Waals surface area contributed by atoms with Crippen molar-refractivity contribution < 1.29 is 9.47 Å². The highest BCUT2D eigenvalue weighted by molar-refractivity contribution is 5.80. The normalized spacial score (nSPS) is 24.0. The standard InChI is InChI=1S/C24H40N4O2/c1-3-25-24(26-13-7-15-30-23-11-16-29-17-12-23)27-22-10-14-28(20(2)18-22)19-21-8-5-4-6-9-21/h4-6,8-9,20,22-23H,3,7,10-19H2,1-2H3,(H2,25,26,27). The van der Waals surface area contributed by atoms with E-state index in [4.69, 9.17) is 14.5 Å². The second-order valence-electron chi connectivity index (χ2n) is 8.47. The average molecular weight is 417 g/mol. The molecule has 0 saturated carbocycles. The third-order valence-corrected chi connectivity index (χ3v) is 6.02. The molecule has 0 amide bonds. The van der Waals surface area contributed by atoms with Gasteiger partial charge in [0.15, 0.2) is 5.96 Å². The van der Waals surface area contributed by atoms with Gasteiger partial charge in [0, 0.05) is 58.1 Å². The summed E-state index contributed by atoms with van der Waals surface area (Å²) in [6, 6.07) is 11.8. The fourth-order valence-electron chi connectivity index (χ4n) is 4.27. The molecule has 2 saturated heterocycles. The molecule has 0 aliphatic carbocycles. The Morgan fingerprint density at radius 1 is 1.20 bits per heavy atom. The van der Waals surface area contributed by atoms with Crippen molar-refractivity contribution in [3.63, 3.8) is 0 Å². The lowest BCUT2D eigenvalue weighted by atomic mass is 9.97. The third-order valence-electron chi connectivity index (χ3n) is 6.02. The number of benzene rings is 1. The lowest BCUT2D eigenvalue weighted by Crippen LogP contribution is -2.51. The quantitative estimate of drug-likeness (QED) is 0.368. The maximum Gasteiger partial charge on any atom is 0.191 e. The Kier molecular flexibility index (Phi) is 9.93. The number of piperidine rings is 1. The number of hydrogen-bond donors (Lipinski definition) is 2. The van der Waals surface area contributed by atoms with Gasteiger partial charge in [-0.2, -0.15) is 0 Å². The molecule has 2 aliphatic rings. The largest absolute Gasteiger partial charge is 0.381 e. The van der Waals surface area contributed by atoms with Crippen LogP contribution >= 0.6 is 0 Å². The molecule has 2 N–H and O–H groups in total. The van der Waals surface area contributed by atoms with E-state index in [0.29, 0.717) is 18.2 Å². The number of aliphatic imine (C=N–C) groups is 1. The number of nitrogens with zero attached hydrogens (tertiary/aromatic N) is 2.